The van der Waals surface area contributed by atoms with Crippen molar-refractivity contribution >= 4 is 17.4 Å². The Morgan fingerprint density at radius 3 is 2.61 bits per heavy atom. The van der Waals surface area contributed by atoms with E-state index in [0.29, 0.717) is 6.42 Å². The minimum absolute atomic E-state index is 0.264. The van der Waals surface area contributed by atoms with Gasteiger partial charge in [-0.15, -0.1) is 0 Å². The number of benzene rings is 2. The molecule has 0 fully saturated rings. The highest BCUT2D eigenvalue weighted by atomic mass is 35.5. The Bertz CT molecular complexity index is 616. The van der Waals surface area contributed by atoms with E-state index in [9.17, 15) is 4.79 Å². The van der Waals surface area contributed by atoms with Crippen molar-refractivity contribution in [1.29, 1.82) is 0 Å². The van der Waals surface area contributed by atoms with Crippen LogP contribution in [0.1, 0.15) is 28.8 Å². The van der Waals surface area contributed by atoms with Gasteiger partial charge < -0.3 is 0 Å². The van der Waals surface area contributed by atoms with Crippen molar-refractivity contribution in [3.05, 3.63) is 58.6 Å². The Morgan fingerprint density at radius 2 is 1.78 bits per heavy atom. The predicted molar refractivity (Wildman–Crippen MR) is 74.2 cm³/mol. The summed E-state index contributed by atoms with van der Waals surface area (Å²) in [4.78, 5) is 11.9. The lowest BCUT2D eigenvalue weighted by Crippen LogP contribution is -2.10. The van der Waals surface area contributed by atoms with Crippen LogP contribution in [0.3, 0.4) is 0 Å². The maximum absolute atomic E-state index is 11.9. The van der Waals surface area contributed by atoms with Gasteiger partial charge in [-0.1, -0.05) is 35.9 Å². The molecule has 0 N–H and O–H groups in total. The van der Waals surface area contributed by atoms with Gasteiger partial charge in [0.15, 0.2) is 5.78 Å². The molecule has 0 bridgehead atoms. The second-order valence-corrected chi connectivity index (χ2v) is 5.10. The molecule has 1 aliphatic carbocycles. The lowest BCUT2D eigenvalue weighted by atomic mass is 9.88. The topological polar surface area (TPSA) is 17.1 Å². The number of aryl methyl sites for hydroxylation is 1. The summed E-state index contributed by atoms with van der Waals surface area (Å²) in [5.41, 5.74) is 4.19. The monoisotopic (exact) mass is 256 g/mol. The van der Waals surface area contributed by atoms with Gasteiger partial charge in [-0.25, -0.2) is 0 Å². The van der Waals surface area contributed by atoms with Gasteiger partial charge in [0.25, 0.3) is 0 Å². The molecule has 0 amide bonds. The van der Waals surface area contributed by atoms with Crippen molar-refractivity contribution in [1.82, 2.24) is 0 Å². The molecular formula is C16H13ClO. The molecule has 1 nitrogen and oxygen atoms in total. The Balaban J connectivity index is 2.09. The molecule has 1 aliphatic rings. The van der Waals surface area contributed by atoms with E-state index in [4.69, 9.17) is 11.6 Å². The molecule has 3 rings (SSSR count). The molecule has 2 heteroatoms. The second-order valence-electron chi connectivity index (χ2n) is 4.66. The highest BCUT2D eigenvalue weighted by Crippen LogP contribution is 2.28. The van der Waals surface area contributed by atoms with Gasteiger partial charge in [0.1, 0.15) is 0 Å². The molecule has 18 heavy (non-hydrogen) atoms. The van der Waals surface area contributed by atoms with Crippen molar-refractivity contribution in [3.63, 3.8) is 0 Å². The van der Waals surface area contributed by atoms with E-state index in [0.717, 1.165) is 34.6 Å². The first-order chi connectivity index (χ1) is 8.74. The normalized spacial score (nSPS) is 14.4. The summed E-state index contributed by atoms with van der Waals surface area (Å²) in [6.45, 7) is 0. The average Bonchev–Trinajstić information content (AvgIpc) is 2.39. The van der Waals surface area contributed by atoms with Crippen molar-refractivity contribution < 1.29 is 4.79 Å². The Labute approximate surface area is 111 Å². The van der Waals surface area contributed by atoms with Crippen LogP contribution in [-0.2, 0) is 6.42 Å². The van der Waals surface area contributed by atoms with Crippen LogP contribution >= 0.6 is 11.6 Å². The van der Waals surface area contributed by atoms with Crippen molar-refractivity contribution in [2.75, 3.05) is 0 Å². The highest BCUT2D eigenvalue weighted by molar-refractivity contribution is 6.30. The van der Waals surface area contributed by atoms with Gasteiger partial charge in [-0.05, 0) is 47.7 Å². The van der Waals surface area contributed by atoms with Crippen LogP contribution in [0, 0.1) is 0 Å². The summed E-state index contributed by atoms with van der Waals surface area (Å²) in [7, 11) is 0. The summed E-state index contributed by atoms with van der Waals surface area (Å²) in [6, 6.07) is 13.9. The van der Waals surface area contributed by atoms with Gasteiger partial charge in [-0.3, -0.25) is 4.79 Å². The van der Waals surface area contributed by atoms with E-state index in [2.05, 4.69) is 12.1 Å². The van der Waals surface area contributed by atoms with Crippen LogP contribution in [0.5, 0.6) is 0 Å². The summed E-state index contributed by atoms with van der Waals surface area (Å²) in [6.07, 6.45) is 2.66. The van der Waals surface area contributed by atoms with Crippen LogP contribution in [0.2, 0.25) is 5.02 Å². The van der Waals surface area contributed by atoms with Crippen molar-refractivity contribution in [2.24, 2.45) is 0 Å². The summed E-state index contributed by atoms with van der Waals surface area (Å²) in [5.74, 6) is 0.264. The van der Waals surface area contributed by atoms with E-state index >= 15 is 0 Å². The SMILES string of the molecule is O=C1CCCc2ccc(-c3cccc(Cl)c3)cc21. The Kier molecular flexibility index (Phi) is 2.92. The summed E-state index contributed by atoms with van der Waals surface area (Å²) >= 11 is 6.00. The molecule has 90 valence electrons. The molecule has 0 heterocycles. The number of rotatable bonds is 1. The second kappa shape index (κ2) is 4.58. The van der Waals surface area contributed by atoms with Gasteiger partial charge in [-0.2, -0.15) is 0 Å². The quantitative estimate of drug-likeness (QED) is 0.733. The molecule has 0 atom stereocenters. The minimum Gasteiger partial charge on any atom is -0.294 e. The third-order valence-electron chi connectivity index (χ3n) is 3.42. The zero-order valence-corrected chi connectivity index (χ0v) is 10.7. The van der Waals surface area contributed by atoms with Gasteiger partial charge in [0.05, 0.1) is 0 Å². The summed E-state index contributed by atoms with van der Waals surface area (Å²) in [5, 5.41) is 0.719. The molecular weight excluding hydrogens is 244 g/mol. The van der Waals surface area contributed by atoms with E-state index in [1.54, 1.807) is 0 Å². The third kappa shape index (κ3) is 2.06. The Morgan fingerprint density at radius 1 is 0.944 bits per heavy atom. The van der Waals surface area contributed by atoms with Crippen LogP contribution in [0.4, 0.5) is 0 Å². The van der Waals surface area contributed by atoms with Crippen LogP contribution in [0.25, 0.3) is 11.1 Å². The lowest BCUT2D eigenvalue weighted by Gasteiger charge is -2.15. The third-order valence-corrected chi connectivity index (χ3v) is 3.65. The number of carbonyl (C=O) groups excluding carboxylic acids is 1. The summed E-state index contributed by atoms with van der Waals surface area (Å²) < 4.78 is 0. The van der Waals surface area contributed by atoms with Crippen LogP contribution in [-0.4, -0.2) is 5.78 Å². The standard InChI is InChI=1S/C16H13ClO/c17-14-5-1-4-12(9-14)13-8-7-11-3-2-6-16(18)15(11)10-13/h1,4-5,7-10H,2-3,6H2. The fraction of sp³-hybridized carbons (Fsp3) is 0.188. The first-order valence-corrected chi connectivity index (χ1v) is 6.54. The van der Waals surface area contributed by atoms with E-state index in [1.807, 2.05) is 30.3 Å². The number of fused-ring (bicyclic) bond motifs is 1. The number of halogens is 1. The number of Topliss-reactive ketones (excluding diaryl/α,β-unsaturated/α-hetero) is 1. The van der Waals surface area contributed by atoms with E-state index in [-0.39, 0.29) is 5.78 Å². The molecule has 0 spiro atoms. The number of hydrogen-bond donors (Lipinski definition) is 0. The molecule has 0 saturated heterocycles. The van der Waals surface area contributed by atoms with Crippen LogP contribution in [0.15, 0.2) is 42.5 Å². The van der Waals surface area contributed by atoms with Gasteiger partial charge in [0, 0.05) is 17.0 Å². The highest BCUT2D eigenvalue weighted by Gasteiger charge is 2.17. The van der Waals surface area contributed by atoms with E-state index < -0.39 is 0 Å². The molecule has 2 aromatic rings. The van der Waals surface area contributed by atoms with Crippen molar-refractivity contribution in [3.8, 4) is 11.1 Å². The maximum Gasteiger partial charge on any atom is 0.163 e. The van der Waals surface area contributed by atoms with E-state index in [1.165, 1.54) is 5.56 Å². The molecule has 0 radical (unpaired) electrons. The predicted octanol–water partition coefficient (Wildman–Crippen LogP) is 4.53. The number of carbonyl (C=O) groups is 1. The lowest BCUT2D eigenvalue weighted by molar-refractivity contribution is 0.0972. The fourth-order valence-electron chi connectivity index (χ4n) is 2.48. The molecule has 0 unspecified atom stereocenters. The van der Waals surface area contributed by atoms with Crippen molar-refractivity contribution in [2.45, 2.75) is 19.3 Å². The molecule has 0 aliphatic heterocycles. The maximum atomic E-state index is 11.9. The smallest absolute Gasteiger partial charge is 0.163 e. The number of hydrogen-bond acceptors (Lipinski definition) is 1. The minimum atomic E-state index is 0.264. The fourth-order valence-corrected chi connectivity index (χ4v) is 2.67. The van der Waals surface area contributed by atoms with Gasteiger partial charge >= 0.3 is 0 Å². The van der Waals surface area contributed by atoms with Gasteiger partial charge in [0.2, 0.25) is 0 Å². The zero-order valence-electron chi connectivity index (χ0n) is 9.95. The number of ketones is 1. The largest absolute Gasteiger partial charge is 0.294 e. The van der Waals surface area contributed by atoms with Crippen LogP contribution < -0.4 is 0 Å². The zero-order chi connectivity index (χ0) is 12.5. The molecule has 2 aromatic carbocycles. The Hall–Kier alpha value is -1.60. The molecule has 0 saturated carbocycles. The molecule has 0 aromatic heterocycles. The average molecular weight is 257 g/mol. The first-order valence-electron chi connectivity index (χ1n) is 6.16. The first kappa shape index (κ1) is 11.5.